The van der Waals surface area contributed by atoms with Crippen molar-refractivity contribution < 1.29 is 19.4 Å². The van der Waals surface area contributed by atoms with Crippen LogP contribution in [0.3, 0.4) is 0 Å². The number of Topliss-reactive ketones (excluding diaryl/α,β-unsaturated/α-hetero) is 1. The number of ketones is 1. The number of carbonyl (C=O) groups is 2. The molecule has 7 heteroatoms. The molecule has 0 aliphatic carbocycles. The van der Waals surface area contributed by atoms with Crippen LogP contribution in [0, 0.1) is 12.8 Å². The van der Waals surface area contributed by atoms with Gasteiger partial charge in [-0.05, 0) is 68.4 Å². The summed E-state index contributed by atoms with van der Waals surface area (Å²) >= 11 is 3.48. The molecule has 2 aromatic carbocycles. The molecule has 0 radical (unpaired) electrons. The summed E-state index contributed by atoms with van der Waals surface area (Å²) in [5.74, 6) is -0.328. The maximum Gasteiger partial charge on any atom is 0.295 e. The lowest BCUT2D eigenvalue weighted by molar-refractivity contribution is -0.140. The van der Waals surface area contributed by atoms with E-state index in [0.717, 1.165) is 21.3 Å². The second-order valence-electron chi connectivity index (χ2n) is 9.04. The molecule has 0 spiro atoms. The van der Waals surface area contributed by atoms with Crippen molar-refractivity contribution in [2.24, 2.45) is 5.92 Å². The van der Waals surface area contributed by atoms with Crippen molar-refractivity contribution in [3.05, 3.63) is 69.2 Å². The Balaban J connectivity index is 2.07. The highest BCUT2D eigenvalue weighted by atomic mass is 79.9. The number of likely N-dealkylation sites (N-methyl/N-ethyl adjacent to an activating group) is 1. The van der Waals surface area contributed by atoms with Gasteiger partial charge in [-0.3, -0.25) is 9.59 Å². The largest absolute Gasteiger partial charge is 0.507 e. The topological polar surface area (TPSA) is 70.1 Å². The summed E-state index contributed by atoms with van der Waals surface area (Å²) < 4.78 is 6.67. The Morgan fingerprint density at radius 2 is 1.91 bits per heavy atom. The minimum Gasteiger partial charge on any atom is -0.507 e. The van der Waals surface area contributed by atoms with E-state index in [0.29, 0.717) is 31.2 Å². The Morgan fingerprint density at radius 3 is 2.52 bits per heavy atom. The van der Waals surface area contributed by atoms with Crippen LogP contribution >= 0.6 is 15.9 Å². The predicted molar refractivity (Wildman–Crippen MR) is 133 cm³/mol. The van der Waals surface area contributed by atoms with Gasteiger partial charge in [-0.25, -0.2) is 0 Å². The van der Waals surface area contributed by atoms with Crippen LogP contribution in [0.25, 0.3) is 5.76 Å². The summed E-state index contributed by atoms with van der Waals surface area (Å²) in [6.07, 6.45) is 0. The quantitative estimate of drug-likeness (QED) is 0.312. The fourth-order valence-corrected chi connectivity index (χ4v) is 4.23. The lowest BCUT2D eigenvalue weighted by Gasteiger charge is -2.26. The number of nitrogens with zero attached hydrogens (tertiary/aromatic N) is 2. The van der Waals surface area contributed by atoms with Crippen molar-refractivity contribution in [2.45, 2.75) is 26.8 Å². The molecule has 1 atom stereocenters. The highest BCUT2D eigenvalue weighted by Gasteiger charge is 2.45. The summed E-state index contributed by atoms with van der Waals surface area (Å²) in [7, 11) is 3.83. The van der Waals surface area contributed by atoms with Gasteiger partial charge in [-0.1, -0.05) is 41.9 Å². The minimum absolute atomic E-state index is 0.104. The number of halogens is 1. The van der Waals surface area contributed by atoms with Crippen LogP contribution in [0.15, 0.2) is 52.5 Å². The van der Waals surface area contributed by atoms with E-state index in [1.165, 1.54) is 0 Å². The lowest BCUT2D eigenvalue weighted by atomic mass is 9.95. The van der Waals surface area contributed by atoms with Crippen molar-refractivity contribution >= 4 is 33.4 Å². The van der Waals surface area contributed by atoms with Gasteiger partial charge in [0.15, 0.2) is 0 Å². The van der Waals surface area contributed by atoms with Gasteiger partial charge in [0.05, 0.1) is 18.2 Å². The molecular weight excluding hydrogens is 484 g/mol. The van der Waals surface area contributed by atoms with Crippen LogP contribution in [0.2, 0.25) is 0 Å². The maximum atomic E-state index is 13.1. The van der Waals surface area contributed by atoms with Crippen LogP contribution in [0.1, 0.15) is 36.6 Å². The Bertz CT molecular complexity index is 1080. The van der Waals surface area contributed by atoms with Gasteiger partial charge in [0.25, 0.3) is 11.7 Å². The second-order valence-corrected chi connectivity index (χ2v) is 9.95. The van der Waals surface area contributed by atoms with Crippen LogP contribution in [-0.4, -0.2) is 60.4 Å². The number of ether oxygens (including phenoxy) is 1. The summed E-state index contributed by atoms with van der Waals surface area (Å²) in [5.41, 5.74) is 2.19. The zero-order valence-corrected chi connectivity index (χ0v) is 21.3. The standard InChI is InChI=1S/C26H31BrN2O4/c1-16(2)15-33-21-10-9-19(13-17(21)3)24(30)22-23(18-7-6-8-20(27)14-18)29(12-11-28(4)5)26(32)25(22)31/h6-10,13-14,16,23,30H,11-12,15H2,1-5H3/b24-22+/t23-/m1/s1. The number of hydrogen-bond acceptors (Lipinski definition) is 5. The van der Waals surface area contributed by atoms with E-state index in [2.05, 4.69) is 29.8 Å². The summed E-state index contributed by atoms with van der Waals surface area (Å²) in [5, 5.41) is 11.3. The molecule has 6 nitrogen and oxygen atoms in total. The predicted octanol–water partition coefficient (Wildman–Crippen LogP) is 4.78. The van der Waals surface area contributed by atoms with E-state index in [4.69, 9.17) is 4.74 Å². The number of aryl methyl sites for hydroxylation is 1. The average Bonchev–Trinajstić information content (AvgIpc) is 3.01. The number of likely N-dealkylation sites (tertiary alicyclic amines) is 1. The number of amides is 1. The van der Waals surface area contributed by atoms with Gasteiger partial charge in [0.1, 0.15) is 11.5 Å². The fourth-order valence-electron chi connectivity index (χ4n) is 3.81. The first kappa shape index (κ1) is 25.0. The molecule has 1 N–H and O–H groups in total. The Kier molecular flexibility index (Phi) is 7.97. The third-order valence-electron chi connectivity index (χ3n) is 5.51. The first-order chi connectivity index (χ1) is 15.6. The van der Waals surface area contributed by atoms with Gasteiger partial charge in [0, 0.05) is 23.1 Å². The van der Waals surface area contributed by atoms with Gasteiger partial charge in [-0.15, -0.1) is 0 Å². The molecule has 1 saturated heterocycles. The van der Waals surface area contributed by atoms with Gasteiger partial charge >= 0.3 is 0 Å². The Morgan fingerprint density at radius 1 is 1.18 bits per heavy atom. The number of benzene rings is 2. The zero-order chi connectivity index (χ0) is 24.3. The molecule has 2 aromatic rings. The normalized spacial score (nSPS) is 17.9. The third kappa shape index (κ3) is 5.65. The van der Waals surface area contributed by atoms with Crippen molar-refractivity contribution in [1.82, 2.24) is 9.80 Å². The van der Waals surface area contributed by atoms with Gasteiger partial charge in [-0.2, -0.15) is 0 Å². The highest BCUT2D eigenvalue weighted by molar-refractivity contribution is 9.10. The van der Waals surface area contributed by atoms with E-state index in [9.17, 15) is 14.7 Å². The van der Waals surface area contributed by atoms with E-state index in [1.54, 1.807) is 23.1 Å². The molecule has 0 aromatic heterocycles. The summed E-state index contributed by atoms with van der Waals surface area (Å²) in [6, 6.07) is 12.1. The highest BCUT2D eigenvalue weighted by Crippen LogP contribution is 2.40. The van der Waals surface area contributed by atoms with Gasteiger partial charge < -0.3 is 19.6 Å². The molecule has 3 rings (SSSR count). The van der Waals surface area contributed by atoms with E-state index >= 15 is 0 Å². The number of carbonyl (C=O) groups excluding carboxylic acids is 2. The number of rotatable bonds is 8. The lowest BCUT2D eigenvalue weighted by Crippen LogP contribution is -2.35. The maximum absolute atomic E-state index is 13.1. The second kappa shape index (κ2) is 10.5. The molecule has 176 valence electrons. The van der Waals surface area contributed by atoms with Crippen molar-refractivity contribution in [3.63, 3.8) is 0 Å². The van der Waals surface area contributed by atoms with Crippen molar-refractivity contribution in [1.29, 1.82) is 0 Å². The Labute approximate surface area is 204 Å². The molecule has 1 fully saturated rings. The minimum atomic E-state index is -0.672. The monoisotopic (exact) mass is 514 g/mol. The van der Waals surface area contributed by atoms with E-state index < -0.39 is 17.7 Å². The number of hydrogen-bond donors (Lipinski definition) is 1. The first-order valence-electron chi connectivity index (χ1n) is 11.0. The number of aliphatic hydroxyl groups excluding tert-OH is 1. The van der Waals surface area contributed by atoms with Crippen molar-refractivity contribution in [2.75, 3.05) is 33.8 Å². The SMILES string of the molecule is Cc1cc(/C(O)=C2\C(=O)C(=O)N(CCN(C)C)[C@@H]2c2cccc(Br)c2)ccc1OCC(C)C. The smallest absolute Gasteiger partial charge is 0.295 e. The zero-order valence-electron chi connectivity index (χ0n) is 19.8. The van der Waals surface area contributed by atoms with Crippen LogP contribution in [0.5, 0.6) is 5.75 Å². The van der Waals surface area contributed by atoms with Crippen LogP contribution < -0.4 is 4.74 Å². The molecule has 1 amide bonds. The van der Waals surface area contributed by atoms with Crippen molar-refractivity contribution in [3.8, 4) is 5.75 Å². The molecular formula is C26H31BrN2O4. The average molecular weight is 515 g/mol. The molecule has 1 heterocycles. The first-order valence-corrected chi connectivity index (χ1v) is 11.8. The summed E-state index contributed by atoms with van der Waals surface area (Å²) in [6.45, 7) is 7.60. The third-order valence-corrected chi connectivity index (χ3v) is 6.01. The molecule has 33 heavy (non-hydrogen) atoms. The van der Waals surface area contributed by atoms with E-state index in [-0.39, 0.29) is 11.3 Å². The number of aliphatic hydroxyl groups is 1. The van der Waals surface area contributed by atoms with Crippen LogP contribution in [-0.2, 0) is 9.59 Å². The van der Waals surface area contributed by atoms with Gasteiger partial charge in [0.2, 0.25) is 0 Å². The molecule has 0 saturated carbocycles. The molecule has 0 bridgehead atoms. The molecule has 1 aliphatic rings. The fraction of sp³-hybridized carbons (Fsp3) is 0.385. The summed E-state index contributed by atoms with van der Waals surface area (Å²) in [4.78, 5) is 29.6. The molecule has 0 unspecified atom stereocenters. The van der Waals surface area contributed by atoms with E-state index in [1.807, 2.05) is 50.2 Å². The van der Waals surface area contributed by atoms with Crippen LogP contribution in [0.4, 0.5) is 0 Å². The molecule has 1 aliphatic heterocycles. The Hall–Kier alpha value is -2.64.